The number of carbonyl (C=O) groups is 1. The third-order valence-electron chi connectivity index (χ3n) is 6.58. The molecule has 1 unspecified atom stereocenters. The first-order chi connectivity index (χ1) is 15.3. The van der Waals surface area contributed by atoms with E-state index < -0.39 is 15.6 Å². The molecule has 4 rings (SSSR count). The maximum atomic E-state index is 13.2. The van der Waals surface area contributed by atoms with Crippen molar-refractivity contribution in [3.63, 3.8) is 0 Å². The molecule has 172 valence electrons. The Morgan fingerprint density at radius 1 is 1.09 bits per heavy atom. The minimum Gasteiger partial charge on any atom is -0.438 e. The highest BCUT2D eigenvalue weighted by atomic mass is 79.9. The van der Waals surface area contributed by atoms with Gasteiger partial charge in [-0.1, -0.05) is 58.4 Å². The molecule has 0 saturated carbocycles. The van der Waals surface area contributed by atoms with Gasteiger partial charge in [-0.3, -0.25) is 0 Å². The van der Waals surface area contributed by atoms with E-state index in [9.17, 15) is 13.2 Å². The van der Waals surface area contributed by atoms with Crippen LogP contribution in [-0.4, -0.2) is 49.1 Å². The van der Waals surface area contributed by atoms with Gasteiger partial charge >= 0.3 is 6.09 Å². The van der Waals surface area contributed by atoms with E-state index in [0.717, 1.165) is 15.6 Å². The summed E-state index contributed by atoms with van der Waals surface area (Å²) in [6.45, 7) is 3.64. The summed E-state index contributed by atoms with van der Waals surface area (Å²) in [5.74, 6) is 0.231. The third-order valence-corrected chi connectivity index (χ3v) is 9.07. The second-order valence-corrected chi connectivity index (χ2v) is 11.6. The minimum absolute atomic E-state index is 0.0980. The molecule has 1 amide bonds. The first-order valence-corrected chi connectivity index (χ1v) is 13.5. The fourth-order valence-corrected chi connectivity index (χ4v) is 6.52. The molecule has 8 heteroatoms. The fraction of sp³-hybridized carbons (Fsp3) is 0.458. The van der Waals surface area contributed by atoms with Crippen molar-refractivity contribution >= 4 is 32.0 Å². The normalized spacial score (nSPS) is 24.3. The van der Waals surface area contributed by atoms with E-state index in [4.69, 9.17) is 4.74 Å². The number of benzene rings is 2. The smallest absolute Gasteiger partial charge is 0.411 e. The molecular formula is C24H29BrN2O4S. The summed E-state index contributed by atoms with van der Waals surface area (Å²) in [5.41, 5.74) is 1.28. The Morgan fingerprint density at radius 2 is 1.81 bits per heavy atom. The average Bonchev–Trinajstić information content (AvgIpc) is 3.12. The molecule has 2 atom stereocenters. The SMILES string of the molecule is C[C@@H](c1ccc(Br)cc1)N1CCC(CCCN2CCCS2(=O)=O)(c2ccccc2)OC1=O. The lowest BCUT2D eigenvalue weighted by Crippen LogP contribution is -2.49. The molecule has 0 bridgehead atoms. The molecular weight excluding hydrogens is 492 g/mol. The van der Waals surface area contributed by atoms with Gasteiger partial charge in [-0.15, -0.1) is 0 Å². The monoisotopic (exact) mass is 520 g/mol. The van der Waals surface area contributed by atoms with E-state index in [-0.39, 0.29) is 17.9 Å². The van der Waals surface area contributed by atoms with Crippen LogP contribution in [0.3, 0.4) is 0 Å². The van der Waals surface area contributed by atoms with Crippen molar-refractivity contribution in [3.05, 3.63) is 70.2 Å². The Morgan fingerprint density at radius 3 is 2.44 bits per heavy atom. The third kappa shape index (κ3) is 4.87. The zero-order valence-electron chi connectivity index (χ0n) is 18.2. The zero-order valence-corrected chi connectivity index (χ0v) is 20.6. The van der Waals surface area contributed by atoms with Crippen molar-refractivity contribution in [2.75, 3.05) is 25.4 Å². The van der Waals surface area contributed by atoms with Gasteiger partial charge in [0.1, 0.15) is 5.60 Å². The second-order valence-electron chi connectivity index (χ2n) is 8.57. The van der Waals surface area contributed by atoms with E-state index in [1.165, 1.54) is 0 Å². The van der Waals surface area contributed by atoms with Crippen molar-refractivity contribution in [1.29, 1.82) is 0 Å². The lowest BCUT2D eigenvalue weighted by atomic mass is 9.84. The summed E-state index contributed by atoms with van der Waals surface area (Å²) in [4.78, 5) is 14.9. The van der Waals surface area contributed by atoms with Crippen molar-refractivity contribution in [2.24, 2.45) is 0 Å². The number of hydrogen-bond donors (Lipinski definition) is 0. The number of halogens is 1. The van der Waals surface area contributed by atoms with Gasteiger partial charge in [-0.25, -0.2) is 17.5 Å². The van der Waals surface area contributed by atoms with Crippen LogP contribution in [-0.2, 0) is 20.4 Å². The van der Waals surface area contributed by atoms with Crippen LogP contribution in [0.25, 0.3) is 0 Å². The van der Waals surface area contributed by atoms with Crippen LogP contribution in [0.15, 0.2) is 59.1 Å². The number of sulfonamides is 1. The summed E-state index contributed by atoms with van der Waals surface area (Å²) < 4.78 is 33.0. The number of rotatable bonds is 7. The molecule has 2 saturated heterocycles. The molecule has 6 nitrogen and oxygen atoms in total. The second kappa shape index (κ2) is 9.53. The number of ether oxygens (including phenoxy) is 1. The van der Waals surface area contributed by atoms with Gasteiger partial charge in [0, 0.05) is 30.5 Å². The highest BCUT2D eigenvalue weighted by Crippen LogP contribution is 2.40. The minimum atomic E-state index is -3.13. The summed E-state index contributed by atoms with van der Waals surface area (Å²) in [5, 5.41) is 0. The molecule has 2 aliphatic rings. The number of nitrogens with zero attached hydrogens (tertiary/aromatic N) is 2. The van der Waals surface area contributed by atoms with Crippen LogP contribution in [0.1, 0.15) is 49.8 Å². The number of hydrogen-bond acceptors (Lipinski definition) is 4. The lowest BCUT2D eigenvalue weighted by molar-refractivity contribution is -0.0667. The highest BCUT2D eigenvalue weighted by Gasteiger charge is 2.43. The van der Waals surface area contributed by atoms with Gasteiger partial charge in [0.2, 0.25) is 10.0 Å². The molecule has 2 aromatic carbocycles. The van der Waals surface area contributed by atoms with Crippen LogP contribution in [0.5, 0.6) is 0 Å². The van der Waals surface area contributed by atoms with Gasteiger partial charge in [-0.2, -0.15) is 0 Å². The molecule has 2 aromatic rings. The standard InChI is InChI=1S/C24H29BrN2O4S/c1-19(20-9-11-22(25)12-10-20)27-17-14-24(31-23(27)28,21-7-3-2-4-8-21)13-5-15-26-16-6-18-32(26,29)30/h2-4,7-12,19H,5-6,13-18H2,1H3/t19-,24?/m0/s1. The van der Waals surface area contributed by atoms with Crippen LogP contribution in [0.4, 0.5) is 4.79 Å². The number of cyclic esters (lactones) is 1. The Kier molecular flexibility index (Phi) is 6.93. The van der Waals surface area contributed by atoms with Crippen LogP contribution in [0, 0.1) is 0 Å². The summed E-state index contributed by atoms with van der Waals surface area (Å²) >= 11 is 3.45. The number of amides is 1. The summed E-state index contributed by atoms with van der Waals surface area (Å²) in [6.07, 6.45) is 2.25. The first-order valence-electron chi connectivity index (χ1n) is 11.1. The van der Waals surface area contributed by atoms with Gasteiger partial charge in [0.15, 0.2) is 0 Å². The molecule has 2 aliphatic heterocycles. The molecule has 0 N–H and O–H groups in total. The fourth-order valence-electron chi connectivity index (χ4n) is 4.69. The molecule has 0 radical (unpaired) electrons. The van der Waals surface area contributed by atoms with E-state index >= 15 is 0 Å². The van der Waals surface area contributed by atoms with Crippen molar-refractivity contribution in [1.82, 2.24) is 9.21 Å². The maximum Gasteiger partial charge on any atom is 0.411 e. The molecule has 32 heavy (non-hydrogen) atoms. The lowest BCUT2D eigenvalue weighted by Gasteiger charge is -2.43. The van der Waals surface area contributed by atoms with Crippen LogP contribution >= 0.6 is 15.9 Å². The zero-order chi connectivity index (χ0) is 22.8. The van der Waals surface area contributed by atoms with E-state index in [0.29, 0.717) is 45.3 Å². The number of carbonyl (C=O) groups excluding carboxylic acids is 1. The molecule has 0 spiro atoms. The Bertz CT molecular complexity index is 1050. The molecule has 2 fully saturated rings. The Balaban J connectivity index is 1.49. The van der Waals surface area contributed by atoms with Crippen molar-refractivity contribution in [2.45, 2.75) is 44.2 Å². The molecule has 0 aliphatic carbocycles. The van der Waals surface area contributed by atoms with Crippen LogP contribution < -0.4 is 0 Å². The summed E-state index contributed by atoms with van der Waals surface area (Å²) in [7, 11) is -3.13. The van der Waals surface area contributed by atoms with Gasteiger partial charge in [0.05, 0.1) is 11.8 Å². The van der Waals surface area contributed by atoms with Gasteiger partial charge in [0.25, 0.3) is 0 Å². The van der Waals surface area contributed by atoms with Crippen molar-refractivity contribution in [3.8, 4) is 0 Å². The maximum absolute atomic E-state index is 13.2. The quantitative estimate of drug-likeness (QED) is 0.511. The first kappa shape index (κ1) is 23.3. The average molecular weight is 521 g/mol. The predicted octanol–water partition coefficient (Wildman–Crippen LogP) is 5.06. The summed E-state index contributed by atoms with van der Waals surface area (Å²) in [6, 6.07) is 17.7. The Hall–Kier alpha value is -1.90. The van der Waals surface area contributed by atoms with Crippen LogP contribution in [0.2, 0.25) is 0 Å². The van der Waals surface area contributed by atoms with E-state index in [1.807, 2.05) is 61.5 Å². The van der Waals surface area contributed by atoms with Gasteiger partial charge < -0.3 is 9.64 Å². The topological polar surface area (TPSA) is 66.9 Å². The largest absolute Gasteiger partial charge is 0.438 e. The molecule has 2 heterocycles. The van der Waals surface area contributed by atoms with Gasteiger partial charge in [-0.05, 0) is 49.4 Å². The highest BCUT2D eigenvalue weighted by molar-refractivity contribution is 9.10. The van der Waals surface area contributed by atoms with E-state index in [1.54, 1.807) is 9.21 Å². The van der Waals surface area contributed by atoms with E-state index in [2.05, 4.69) is 15.9 Å². The Labute approximate surface area is 198 Å². The van der Waals surface area contributed by atoms with Crippen molar-refractivity contribution < 1.29 is 17.9 Å². The molecule has 0 aromatic heterocycles. The predicted molar refractivity (Wildman–Crippen MR) is 128 cm³/mol.